The normalized spacial score (nSPS) is 12.6. The summed E-state index contributed by atoms with van der Waals surface area (Å²) in [6, 6.07) is 75.0. The van der Waals surface area contributed by atoms with E-state index in [0.717, 1.165) is 33.5 Å². The fourth-order valence-electron chi connectivity index (χ4n) is 12.0. The van der Waals surface area contributed by atoms with Gasteiger partial charge in [0.1, 0.15) is 0 Å². The summed E-state index contributed by atoms with van der Waals surface area (Å²) in [6.07, 6.45) is 2.01. The molecule has 10 aromatic carbocycles. The number of nitrogens with zero attached hydrogens (tertiary/aromatic N) is 4. The Balaban J connectivity index is 1.05. The number of hydrogen-bond acceptors (Lipinski definition) is 4. The molecule has 0 saturated heterocycles. The molecule has 0 spiro atoms. The second-order valence-electron chi connectivity index (χ2n) is 18.6. The topological polar surface area (TPSA) is 27.7 Å². The van der Waals surface area contributed by atoms with Crippen LogP contribution in [0.3, 0.4) is 0 Å². The largest absolute Gasteiger partial charge is 0.308 e. The monoisotopic (exact) mass is 942 g/mol. The van der Waals surface area contributed by atoms with Crippen molar-refractivity contribution >= 4 is 171 Å². The van der Waals surface area contributed by atoms with Gasteiger partial charge in [0.2, 0.25) is 0 Å². The van der Waals surface area contributed by atoms with Gasteiger partial charge in [-0.1, -0.05) is 109 Å². The van der Waals surface area contributed by atoms with Crippen molar-refractivity contribution < 1.29 is 0 Å². The molecule has 0 bridgehead atoms. The summed E-state index contributed by atoms with van der Waals surface area (Å²) in [4.78, 5) is 5.29. The van der Waals surface area contributed by atoms with Crippen molar-refractivity contribution in [3.05, 3.63) is 206 Å². The molecule has 70 heavy (non-hydrogen) atoms. The SMILES string of the molecule is c1ccc2c(c1)sc1cc3c4ccccc4n(-c4cc5nccc(-n6c7ccccc7c7cc8sc9ccccc9c8cc76)c5cc4-n4c5ccccc5c5cc6sc7ccccc7c6cc54)c3cc12. The molecule has 0 aliphatic heterocycles. The number of fused-ring (bicyclic) bond motifs is 19. The second-order valence-corrected chi connectivity index (χ2v) is 21.9. The fourth-order valence-corrected chi connectivity index (χ4v) is 15.4. The molecular formula is C63H34N4S3. The van der Waals surface area contributed by atoms with E-state index < -0.39 is 0 Å². The molecule has 7 heteroatoms. The van der Waals surface area contributed by atoms with Gasteiger partial charge in [0.15, 0.2) is 0 Å². The van der Waals surface area contributed by atoms with Gasteiger partial charge in [0.25, 0.3) is 0 Å². The standard InChI is InChI=1S/C63H34N4S3/c1-7-19-49-35(13-1)41-31-61-44(38-16-4-10-22-58(38)68-61)27-53(41)65(49)52-25-26-64-48-34-57(67-51-21-9-3-15-37(51)43-33-63-46(29-55(43)67)40-18-6-12-24-60(40)70-63)56(30-47(48)52)66-50-20-8-2-14-36(50)42-32-62-45(28-54(42)66)39-17-5-11-23-59(39)69-62/h1-34H. The maximum absolute atomic E-state index is 5.29. The Kier molecular flexibility index (Phi) is 7.35. The first-order chi connectivity index (χ1) is 34.7. The number of rotatable bonds is 3. The maximum Gasteiger partial charge on any atom is 0.0745 e. The van der Waals surface area contributed by atoms with Gasteiger partial charge < -0.3 is 13.7 Å². The summed E-state index contributed by atoms with van der Waals surface area (Å²) < 4.78 is 15.4. The van der Waals surface area contributed by atoms with Crippen molar-refractivity contribution in [2.45, 2.75) is 0 Å². The zero-order valence-corrected chi connectivity index (χ0v) is 39.6. The zero-order valence-electron chi connectivity index (χ0n) is 37.1. The van der Waals surface area contributed by atoms with Crippen LogP contribution in [-0.4, -0.2) is 18.7 Å². The number of hydrogen-bond donors (Lipinski definition) is 0. The average molecular weight is 943 g/mol. The van der Waals surface area contributed by atoms with Gasteiger partial charge in [0.05, 0.1) is 55.7 Å². The molecule has 4 nitrogen and oxygen atoms in total. The average Bonchev–Trinajstić information content (AvgIpc) is 4.25. The third-order valence-corrected chi connectivity index (χ3v) is 18.5. The van der Waals surface area contributed by atoms with Crippen LogP contribution >= 0.6 is 34.0 Å². The summed E-state index contributed by atoms with van der Waals surface area (Å²) in [6.45, 7) is 0. The van der Waals surface area contributed by atoms with Crippen LogP contribution < -0.4 is 0 Å². The van der Waals surface area contributed by atoms with Gasteiger partial charge in [-0.3, -0.25) is 4.98 Å². The highest BCUT2D eigenvalue weighted by molar-refractivity contribution is 7.26. The second kappa shape index (κ2) is 13.7. The molecule has 0 fully saturated rings. The summed E-state index contributed by atoms with van der Waals surface area (Å²) in [5, 5.41) is 16.3. The Hall–Kier alpha value is -8.33. The number of benzene rings is 10. The Morgan fingerprint density at radius 1 is 0.243 bits per heavy atom. The lowest BCUT2D eigenvalue weighted by Crippen LogP contribution is -2.05. The molecule has 0 aliphatic rings. The number of para-hydroxylation sites is 3. The minimum absolute atomic E-state index is 0.934. The molecule has 0 unspecified atom stereocenters. The van der Waals surface area contributed by atoms with E-state index >= 15 is 0 Å². The number of aromatic nitrogens is 4. The summed E-state index contributed by atoms with van der Waals surface area (Å²) in [5.74, 6) is 0. The van der Waals surface area contributed by atoms with Crippen LogP contribution in [0, 0.1) is 0 Å². The molecule has 0 saturated carbocycles. The first-order valence-electron chi connectivity index (χ1n) is 23.7. The van der Waals surface area contributed by atoms with Crippen molar-refractivity contribution in [3.8, 4) is 17.1 Å². The quantitative estimate of drug-likeness (QED) is 0.173. The minimum Gasteiger partial charge on any atom is -0.308 e. The van der Waals surface area contributed by atoms with Crippen LogP contribution in [0.2, 0.25) is 0 Å². The molecule has 0 aliphatic carbocycles. The van der Waals surface area contributed by atoms with E-state index in [1.54, 1.807) is 0 Å². The number of pyridine rings is 1. The van der Waals surface area contributed by atoms with Crippen molar-refractivity contribution in [1.82, 2.24) is 18.7 Å². The Morgan fingerprint density at radius 2 is 0.600 bits per heavy atom. The van der Waals surface area contributed by atoms with Crippen LogP contribution in [0.1, 0.15) is 0 Å². The highest BCUT2D eigenvalue weighted by Crippen LogP contribution is 2.47. The maximum atomic E-state index is 5.29. The van der Waals surface area contributed by atoms with Gasteiger partial charge in [-0.15, -0.1) is 34.0 Å². The van der Waals surface area contributed by atoms with Gasteiger partial charge in [-0.25, -0.2) is 0 Å². The van der Waals surface area contributed by atoms with Gasteiger partial charge in [-0.2, -0.15) is 0 Å². The van der Waals surface area contributed by atoms with Crippen molar-refractivity contribution in [2.24, 2.45) is 0 Å². The molecular weight excluding hydrogens is 909 g/mol. The smallest absolute Gasteiger partial charge is 0.0745 e. The lowest BCUT2D eigenvalue weighted by molar-refractivity contribution is 1.10. The van der Waals surface area contributed by atoms with Crippen LogP contribution in [0.15, 0.2) is 206 Å². The third kappa shape index (κ3) is 4.95. The lowest BCUT2D eigenvalue weighted by Gasteiger charge is -2.19. The van der Waals surface area contributed by atoms with E-state index in [0.29, 0.717) is 0 Å². The molecule has 0 radical (unpaired) electrons. The summed E-state index contributed by atoms with van der Waals surface area (Å²) in [5.41, 5.74) is 11.3. The first kappa shape index (κ1) is 37.6. The molecule has 17 aromatic rings. The van der Waals surface area contributed by atoms with Crippen molar-refractivity contribution in [1.29, 1.82) is 0 Å². The van der Waals surface area contributed by atoms with E-state index in [4.69, 9.17) is 4.98 Å². The molecule has 17 rings (SSSR count). The van der Waals surface area contributed by atoms with Crippen LogP contribution in [0.25, 0.3) is 154 Å². The highest BCUT2D eigenvalue weighted by Gasteiger charge is 2.25. The van der Waals surface area contributed by atoms with Crippen LogP contribution in [-0.2, 0) is 0 Å². The molecule has 0 atom stereocenters. The van der Waals surface area contributed by atoms with Gasteiger partial charge in [-0.05, 0) is 91.0 Å². The van der Waals surface area contributed by atoms with E-state index in [2.05, 4.69) is 214 Å². The predicted molar refractivity (Wildman–Crippen MR) is 303 cm³/mol. The Bertz CT molecular complexity index is 5150. The summed E-state index contributed by atoms with van der Waals surface area (Å²) >= 11 is 5.63. The predicted octanol–water partition coefficient (Wildman–Crippen LogP) is 18.6. The van der Waals surface area contributed by atoms with E-state index in [1.165, 1.54) is 120 Å². The third-order valence-electron chi connectivity index (χ3n) is 15.1. The van der Waals surface area contributed by atoms with E-state index in [9.17, 15) is 0 Å². The fraction of sp³-hybridized carbons (Fsp3) is 0. The minimum atomic E-state index is 0.934. The molecule has 0 N–H and O–H groups in total. The van der Waals surface area contributed by atoms with E-state index in [-0.39, 0.29) is 0 Å². The molecule has 0 amide bonds. The van der Waals surface area contributed by atoms with Crippen LogP contribution in [0.4, 0.5) is 0 Å². The summed E-state index contributed by atoms with van der Waals surface area (Å²) in [7, 11) is 0. The Morgan fingerprint density at radius 3 is 1.03 bits per heavy atom. The first-order valence-corrected chi connectivity index (χ1v) is 26.1. The van der Waals surface area contributed by atoms with E-state index in [1.807, 2.05) is 40.2 Å². The van der Waals surface area contributed by atoms with Crippen molar-refractivity contribution in [2.75, 3.05) is 0 Å². The molecule has 324 valence electrons. The highest BCUT2D eigenvalue weighted by atomic mass is 32.1. The van der Waals surface area contributed by atoms with Crippen LogP contribution in [0.5, 0.6) is 0 Å². The zero-order chi connectivity index (χ0) is 45.3. The lowest BCUT2D eigenvalue weighted by atomic mass is 10.1. The van der Waals surface area contributed by atoms with Crippen molar-refractivity contribution in [3.63, 3.8) is 0 Å². The van der Waals surface area contributed by atoms with Gasteiger partial charge >= 0.3 is 0 Å². The molecule has 7 aromatic heterocycles. The van der Waals surface area contributed by atoms with Gasteiger partial charge in [0, 0.05) is 104 Å². The Labute approximate surface area is 410 Å². The number of thiophene rings is 3. The molecule has 7 heterocycles.